The van der Waals surface area contributed by atoms with Crippen molar-refractivity contribution in [1.29, 1.82) is 0 Å². The number of nitrogens with one attached hydrogen (secondary N) is 1. The topological polar surface area (TPSA) is 105 Å². The molecule has 170 valence electrons. The zero-order valence-electron chi connectivity index (χ0n) is 18.1. The van der Waals surface area contributed by atoms with Gasteiger partial charge in [0.05, 0.1) is 12.7 Å². The van der Waals surface area contributed by atoms with Crippen molar-refractivity contribution in [3.05, 3.63) is 89.0 Å². The predicted octanol–water partition coefficient (Wildman–Crippen LogP) is 3.44. The lowest BCUT2D eigenvalue weighted by molar-refractivity contribution is 0.0185. The van der Waals surface area contributed by atoms with E-state index in [0.717, 1.165) is 22.3 Å². The Bertz CT molecular complexity index is 1120. The van der Waals surface area contributed by atoms with E-state index in [1.54, 1.807) is 6.07 Å². The monoisotopic (exact) mass is 447 g/mol. The van der Waals surface area contributed by atoms with Gasteiger partial charge in [0.2, 0.25) is 0 Å². The van der Waals surface area contributed by atoms with Gasteiger partial charge in [-0.3, -0.25) is 4.79 Å². The Morgan fingerprint density at radius 2 is 1.67 bits per heavy atom. The predicted molar refractivity (Wildman–Crippen MR) is 122 cm³/mol. The van der Waals surface area contributed by atoms with Gasteiger partial charge in [0.1, 0.15) is 24.6 Å². The summed E-state index contributed by atoms with van der Waals surface area (Å²) in [7, 11) is 1.44. The molecule has 3 N–H and O–H groups in total. The van der Waals surface area contributed by atoms with Crippen LogP contribution in [0, 0.1) is 0 Å². The molecule has 0 saturated carbocycles. The van der Waals surface area contributed by atoms with Crippen molar-refractivity contribution in [2.45, 2.75) is 18.1 Å². The van der Waals surface area contributed by atoms with Crippen LogP contribution in [0.25, 0.3) is 11.1 Å². The van der Waals surface area contributed by atoms with E-state index < -0.39 is 18.3 Å². The number of methoxy groups -OCH3 is 1. The van der Waals surface area contributed by atoms with Crippen molar-refractivity contribution < 1.29 is 29.3 Å². The number of aldehydes is 1. The van der Waals surface area contributed by atoms with Crippen LogP contribution in [0.15, 0.2) is 66.7 Å². The summed E-state index contributed by atoms with van der Waals surface area (Å²) in [6, 6.07) is 20.6. The van der Waals surface area contributed by atoms with Gasteiger partial charge in [-0.1, -0.05) is 54.6 Å². The van der Waals surface area contributed by atoms with Crippen LogP contribution in [0.5, 0.6) is 5.75 Å². The normalized spacial score (nSPS) is 14.0. The Hall–Kier alpha value is -3.68. The van der Waals surface area contributed by atoms with Crippen molar-refractivity contribution in [2.75, 3.05) is 20.3 Å². The zero-order valence-corrected chi connectivity index (χ0v) is 18.1. The number of benzene rings is 3. The lowest BCUT2D eigenvalue weighted by Gasteiger charge is -2.20. The van der Waals surface area contributed by atoms with Gasteiger partial charge in [-0.15, -0.1) is 0 Å². The molecule has 7 heteroatoms. The largest absolute Gasteiger partial charge is 0.496 e. The highest BCUT2D eigenvalue weighted by Crippen LogP contribution is 2.44. The smallest absolute Gasteiger partial charge is 0.407 e. The Kier molecular flexibility index (Phi) is 6.72. The molecular weight excluding hydrogens is 422 g/mol. The van der Waals surface area contributed by atoms with E-state index in [4.69, 9.17) is 9.47 Å². The van der Waals surface area contributed by atoms with Crippen molar-refractivity contribution in [3.8, 4) is 16.9 Å². The number of rotatable bonds is 8. The number of carbonyl (C=O) groups excluding carboxylic acids is 2. The van der Waals surface area contributed by atoms with Crippen molar-refractivity contribution >= 4 is 12.4 Å². The summed E-state index contributed by atoms with van der Waals surface area (Å²) in [5.41, 5.74) is 5.06. The van der Waals surface area contributed by atoms with Gasteiger partial charge in [0.25, 0.3) is 0 Å². The third-order valence-corrected chi connectivity index (χ3v) is 5.89. The Morgan fingerprint density at radius 3 is 2.27 bits per heavy atom. The minimum Gasteiger partial charge on any atom is -0.496 e. The third kappa shape index (κ3) is 4.60. The molecule has 0 aromatic heterocycles. The van der Waals surface area contributed by atoms with E-state index >= 15 is 0 Å². The molecule has 7 nitrogen and oxygen atoms in total. The molecule has 0 fully saturated rings. The Labute approximate surface area is 191 Å². The minimum absolute atomic E-state index is 0.0697. The van der Waals surface area contributed by atoms with Gasteiger partial charge < -0.3 is 25.0 Å². The molecule has 33 heavy (non-hydrogen) atoms. The maximum atomic E-state index is 12.3. The number of hydrogen-bond acceptors (Lipinski definition) is 6. The number of fused-ring (bicyclic) bond motifs is 3. The average Bonchev–Trinajstić information content (AvgIpc) is 3.18. The van der Waals surface area contributed by atoms with Crippen LogP contribution in [-0.2, 0) is 4.74 Å². The molecule has 2 atom stereocenters. The van der Waals surface area contributed by atoms with Crippen molar-refractivity contribution in [2.24, 2.45) is 0 Å². The highest BCUT2D eigenvalue weighted by atomic mass is 16.5. The summed E-state index contributed by atoms with van der Waals surface area (Å²) in [6.45, 7) is -0.0695. The summed E-state index contributed by atoms with van der Waals surface area (Å²) in [5, 5.41) is 23.2. The first-order chi connectivity index (χ1) is 16.0. The van der Waals surface area contributed by atoms with E-state index in [9.17, 15) is 19.8 Å². The van der Waals surface area contributed by atoms with Gasteiger partial charge in [0, 0.05) is 12.5 Å². The molecule has 0 aliphatic heterocycles. The van der Waals surface area contributed by atoms with Gasteiger partial charge >= 0.3 is 6.09 Å². The van der Waals surface area contributed by atoms with Gasteiger partial charge in [0.15, 0.2) is 6.29 Å². The van der Waals surface area contributed by atoms with Crippen LogP contribution >= 0.6 is 0 Å². The summed E-state index contributed by atoms with van der Waals surface area (Å²) in [6.07, 6.45) is -2.68. The fraction of sp³-hybridized carbons (Fsp3) is 0.231. The summed E-state index contributed by atoms with van der Waals surface area (Å²) < 4.78 is 10.5. The van der Waals surface area contributed by atoms with Gasteiger partial charge in [-0.05, 0) is 39.9 Å². The number of hydrogen-bond donors (Lipinski definition) is 3. The van der Waals surface area contributed by atoms with Crippen molar-refractivity contribution in [1.82, 2.24) is 5.32 Å². The maximum Gasteiger partial charge on any atom is 0.407 e. The quantitative estimate of drug-likeness (QED) is 0.457. The number of carbonyl (C=O) groups is 2. The second-order valence-electron chi connectivity index (χ2n) is 7.84. The third-order valence-electron chi connectivity index (χ3n) is 5.89. The molecule has 3 aromatic carbocycles. The van der Waals surface area contributed by atoms with E-state index in [0.29, 0.717) is 17.6 Å². The highest BCUT2D eigenvalue weighted by molar-refractivity contribution is 5.80. The van der Waals surface area contributed by atoms with Crippen LogP contribution in [-0.4, -0.2) is 49.0 Å². The fourth-order valence-corrected chi connectivity index (χ4v) is 4.20. The molecule has 0 spiro atoms. The zero-order chi connectivity index (χ0) is 23.4. The van der Waals surface area contributed by atoms with Crippen molar-refractivity contribution in [3.63, 3.8) is 0 Å². The number of amides is 1. The molecule has 1 aliphatic carbocycles. The first-order valence-electron chi connectivity index (χ1n) is 10.6. The molecule has 0 radical (unpaired) electrons. The van der Waals surface area contributed by atoms with E-state index in [-0.39, 0.29) is 24.6 Å². The van der Waals surface area contributed by atoms with Crippen LogP contribution in [0.3, 0.4) is 0 Å². The number of alkyl carbamates (subject to hydrolysis) is 1. The number of ether oxygens (including phenoxy) is 2. The van der Waals surface area contributed by atoms with E-state index in [2.05, 4.69) is 17.4 Å². The molecule has 4 rings (SSSR count). The first kappa shape index (κ1) is 22.5. The van der Waals surface area contributed by atoms with Gasteiger partial charge in [-0.2, -0.15) is 0 Å². The SMILES string of the molecule is COc1ccc(C(O)C(O)CNC(=O)OCC2c3ccccc3-c3ccccc32)cc1C=O. The average molecular weight is 447 g/mol. The number of aliphatic hydroxyl groups is 2. The summed E-state index contributed by atoms with van der Waals surface area (Å²) in [5.74, 6) is 0.298. The first-order valence-corrected chi connectivity index (χ1v) is 10.6. The van der Waals surface area contributed by atoms with E-state index in [1.807, 2.05) is 36.4 Å². The Morgan fingerprint density at radius 1 is 1.03 bits per heavy atom. The molecule has 0 heterocycles. The van der Waals surface area contributed by atoms with Gasteiger partial charge in [-0.25, -0.2) is 4.79 Å². The molecule has 3 aromatic rings. The molecule has 0 bridgehead atoms. The highest BCUT2D eigenvalue weighted by Gasteiger charge is 2.29. The standard InChI is InChI=1S/C26H25NO6/c1-32-24-11-10-16(12-17(24)14-28)25(30)23(29)13-27-26(31)33-15-22-20-8-4-2-6-18(20)19-7-3-5-9-21(19)22/h2-12,14,22-23,25,29-30H,13,15H2,1H3,(H,27,31). The minimum atomic E-state index is -1.30. The van der Waals surface area contributed by atoms with E-state index in [1.165, 1.54) is 19.2 Å². The maximum absolute atomic E-state index is 12.3. The summed E-state index contributed by atoms with van der Waals surface area (Å²) >= 11 is 0. The second-order valence-corrected chi connectivity index (χ2v) is 7.84. The molecule has 1 aliphatic rings. The Balaban J connectivity index is 1.34. The summed E-state index contributed by atoms with van der Waals surface area (Å²) in [4.78, 5) is 23.5. The van der Waals surface area contributed by atoms with Crippen LogP contribution < -0.4 is 10.1 Å². The molecular formula is C26H25NO6. The lowest BCUT2D eigenvalue weighted by atomic mass is 9.98. The molecule has 0 saturated heterocycles. The molecule has 1 amide bonds. The number of aliphatic hydroxyl groups excluding tert-OH is 2. The van der Waals surface area contributed by atoms with Crippen LogP contribution in [0.2, 0.25) is 0 Å². The molecule has 2 unspecified atom stereocenters. The van der Waals surface area contributed by atoms with Crippen LogP contribution in [0.1, 0.15) is 39.1 Å². The fourth-order valence-electron chi connectivity index (χ4n) is 4.20. The lowest BCUT2D eigenvalue weighted by Crippen LogP contribution is -2.36. The van der Waals surface area contributed by atoms with Crippen LogP contribution in [0.4, 0.5) is 4.79 Å². The second kappa shape index (κ2) is 9.85.